The number of amides is 1. The van der Waals surface area contributed by atoms with Crippen LogP contribution in [0.25, 0.3) is 16.9 Å². The first kappa shape index (κ1) is 26.5. The Morgan fingerprint density at radius 2 is 1.73 bits per heavy atom. The minimum Gasteiger partial charge on any atom is -0.508 e. The molecule has 1 amide bonds. The van der Waals surface area contributed by atoms with E-state index >= 15 is 0 Å². The summed E-state index contributed by atoms with van der Waals surface area (Å²) in [5, 5.41) is 44.1. The number of aromatic hydroxyl groups is 1. The van der Waals surface area contributed by atoms with E-state index in [1.807, 2.05) is 42.5 Å². The molecule has 1 saturated carbocycles. The second kappa shape index (κ2) is 9.42. The third kappa shape index (κ3) is 3.95. The molecule has 0 radical (unpaired) electrons. The van der Waals surface area contributed by atoms with Gasteiger partial charge in [-0.05, 0) is 59.1 Å². The van der Waals surface area contributed by atoms with E-state index in [0.29, 0.717) is 17.5 Å². The number of nitrogens with two attached hydrogens (primary N) is 1. The van der Waals surface area contributed by atoms with Crippen molar-refractivity contribution in [2.75, 3.05) is 0 Å². The molecule has 2 aromatic carbocycles. The van der Waals surface area contributed by atoms with E-state index in [2.05, 4.69) is 0 Å². The number of carbonyl (C=O) groups is 4. The van der Waals surface area contributed by atoms with E-state index in [-0.39, 0.29) is 48.4 Å². The topological polar surface area (TPSA) is 175 Å². The number of primary amides is 1. The van der Waals surface area contributed by atoms with Crippen molar-refractivity contribution in [3.8, 4) is 16.9 Å². The Labute approximate surface area is 234 Å². The highest BCUT2D eigenvalue weighted by atomic mass is 16.3. The molecule has 9 heteroatoms. The zero-order valence-corrected chi connectivity index (χ0v) is 21.9. The number of carbonyl (C=O) groups excluding carboxylic acids is 4. The van der Waals surface area contributed by atoms with Crippen LogP contribution in [-0.2, 0) is 32.0 Å². The predicted octanol–water partition coefficient (Wildman–Crippen LogP) is 3.09. The lowest BCUT2D eigenvalue weighted by Crippen LogP contribution is -2.58. The Balaban J connectivity index is 1.39. The number of Topliss-reactive ketones (excluding diaryl/α,β-unsaturated/α-hetero) is 3. The maximum Gasteiger partial charge on any atom is 0.255 e. The fraction of sp³-hybridized carbons (Fsp3) is 0.250. The number of ketones is 3. The Kier molecular flexibility index (Phi) is 6.08. The van der Waals surface area contributed by atoms with Gasteiger partial charge in [0, 0.05) is 24.3 Å². The van der Waals surface area contributed by atoms with E-state index < -0.39 is 52.0 Å². The van der Waals surface area contributed by atoms with E-state index in [1.54, 1.807) is 6.07 Å². The number of hydrogen-bond acceptors (Lipinski definition) is 8. The number of rotatable bonds is 5. The molecule has 0 saturated heterocycles. The average molecular weight is 554 g/mol. The lowest BCUT2D eigenvalue weighted by molar-refractivity contribution is -0.147. The summed E-state index contributed by atoms with van der Waals surface area (Å²) in [4.78, 5) is 50.6. The highest BCUT2D eigenvalue weighted by Crippen LogP contribution is 2.53. The van der Waals surface area contributed by atoms with Crippen LogP contribution in [0.1, 0.15) is 36.0 Å². The van der Waals surface area contributed by atoms with E-state index in [1.165, 1.54) is 6.07 Å². The van der Waals surface area contributed by atoms with Crippen molar-refractivity contribution in [2.45, 2.75) is 37.7 Å². The molecule has 0 spiro atoms. The first-order chi connectivity index (χ1) is 19.5. The smallest absolute Gasteiger partial charge is 0.255 e. The Hall–Kier alpha value is -4.76. The first-order valence-electron chi connectivity index (χ1n) is 13.3. The molecule has 4 aliphatic carbocycles. The van der Waals surface area contributed by atoms with Crippen LogP contribution in [0.2, 0.25) is 0 Å². The van der Waals surface area contributed by atoms with Gasteiger partial charge in [-0.1, -0.05) is 48.6 Å². The van der Waals surface area contributed by atoms with Crippen LogP contribution in [0.15, 0.2) is 77.1 Å². The second-order valence-electron chi connectivity index (χ2n) is 11.0. The molecule has 4 aliphatic rings. The van der Waals surface area contributed by atoms with Crippen molar-refractivity contribution in [3.05, 3.63) is 93.8 Å². The van der Waals surface area contributed by atoms with Crippen molar-refractivity contribution in [1.29, 1.82) is 0 Å². The fourth-order valence-corrected chi connectivity index (χ4v) is 6.65. The van der Waals surface area contributed by atoms with Crippen LogP contribution in [0.5, 0.6) is 5.75 Å². The van der Waals surface area contributed by atoms with Crippen molar-refractivity contribution >= 4 is 29.0 Å². The van der Waals surface area contributed by atoms with Crippen molar-refractivity contribution < 1.29 is 39.6 Å². The lowest BCUT2D eigenvalue weighted by Gasteiger charge is -2.46. The fourth-order valence-electron chi connectivity index (χ4n) is 6.65. The van der Waals surface area contributed by atoms with Gasteiger partial charge in [0.05, 0.1) is 5.56 Å². The molecular formula is C32H27NO8. The van der Waals surface area contributed by atoms with Gasteiger partial charge in [0.25, 0.3) is 5.91 Å². The SMILES string of the molecule is NC(=O)C1=C(O)[C@@]2(O)C(=O)C3=C(O)c4c(O)ccc(-c5ccc(CC(=O)C6=CC=CC6)cc5)c4C[C@H]3C[C@H]2CC1=O. The van der Waals surface area contributed by atoms with Crippen LogP contribution in [-0.4, -0.2) is 49.3 Å². The third-order valence-electron chi connectivity index (χ3n) is 8.71. The molecule has 0 aliphatic heterocycles. The van der Waals surface area contributed by atoms with Gasteiger partial charge < -0.3 is 26.2 Å². The number of fused-ring (bicyclic) bond motifs is 3. The van der Waals surface area contributed by atoms with Gasteiger partial charge in [0.2, 0.25) is 5.78 Å². The minimum absolute atomic E-state index is 0.0366. The van der Waals surface area contributed by atoms with Crippen LogP contribution in [0.3, 0.4) is 0 Å². The first-order valence-corrected chi connectivity index (χ1v) is 13.3. The largest absolute Gasteiger partial charge is 0.508 e. The highest BCUT2D eigenvalue weighted by molar-refractivity contribution is 6.22. The van der Waals surface area contributed by atoms with Crippen molar-refractivity contribution in [1.82, 2.24) is 0 Å². The molecule has 6 N–H and O–H groups in total. The number of benzene rings is 2. The zero-order chi connectivity index (χ0) is 29.2. The van der Waals surface area contributed by atoms with Crippen LogP contribution in [0.4, 0.5) is 0 Å². The van der Waals surface area contributed by atoms with Gasteiger partial charge in [0.1, 0.15) is 22.8 Å². The Morgan fingerprint density at radius 1 is 1.00 bits per heavy atom. The molecule has 0 heterocycles. The van der Waals surface area contributed by atoms with Crippen molar-refractivity contribution in [2.24, 2.45) is 17.6 Å². The van der Waals surface area contributed by atoms with Crippen molar-refractivity contribution in [3.63, 3.8) is 0 Å². The van der Waals surface area contributed by atoms with Crippen LogP contribution in [0, 0.1) is 11.8 Å². The Bertz CT molecular complexity index is 1690. The molecule has 1 fully saturated rings. The molecule has 2 aromatic rings. The van der Waals surface area contributed by atoms with E-state index in [9.17, 15) is 39.6 Å². The standard InChI is InChI=1S/C32H27NO8/c33-31(40)27-24(36)14-19-12-18-13-21-20(16-7-5-15(6-8-16)11-23(35)17-3-1-2-4-17)9-10-22(34)26(21)28(37)25(18)29(38)32(19,41)30(27)39/h1-3,5-10,18-19,34,37,39,41H,4,11-14H2,(H2,33,40)/t18-,19+,32+/m1/s1. The summed E-state index contributed by atoms with van der Waals surface area (Å²) in [7, 11) is 0. The molecule has 9 nitrogen and oxygen atoms in total. The summed E-state index contributed by atoms with van der Waals surface area (Å²) in [5.74, 6) is -6.55. The van der Waals surface area contributed by atoms with E-state index in [0.717, 1.165) is 16.7 Å². The van der Waals surface area contributed by atoms with Gasteiger partial charge in [-0.2, -0.15) is 0 Å². The number of aliphatic hydroxyl groups excluding tert-OH is 2. The third-order valence-corrected chi connectivity index (χ3v) is 8.71. The van der Waals surface area contributed by atoms with Gasteiger partial charge in [0.15, 0.2) is 17.2 Å². The van der Waals surface area contributed by atoms with Gasteiger partial charge in [-0.3, -0.25) is 19.2 Å². The predicted molar refractivity (Wildman–Crippen MR) is 147 cm³/mol. The molecule has 0 bridgehead atoms. The van der Waals surface area contributed by atoms with Crippen LogP contribution < -0.4 is 5.73 Å². The molecule has 6 rings (SSSR count). The van der Waals surface area contributed by atoms with Crippen LogP contribution >= 0.6 is 0 Å². The monoisotopic (exact) mass is 553 g/mol. The summed E-state index contributed by atoms with van der Waals surface area (Å²) < 4.78 is 0. The lowest BCUT2D eigenvalue weighted by atomic mass is 9.59. The maximum absolute atomic E-state index is 13.7. The van der Waals surface area contributed by atoms with Gasteiger partial charge in [-0.25, -0.2) is 0 Å². The number of hydrogen-bond donors (Lipinski definition) is 5. The highest BCUT2D eigenvalue weighted by Gasteiger charge is 2.60. The molecular weight excluding hydrogens is 526 g/mol. The van der Waals surface area contributed by atoms with Gasteiger partial charge >= 0.3 is 0 Å². The minimum atomic E-state index is -2.60. The summed E-state index contributed by atoms with van der Waals surface area (Å²) in [6.07, 6.45) is 6.41. The number of aliphatic hydroxyl groups is 3. The summed E-state index contributed by atoms with van der Waals surface area (Å²) >= 11 is 0. The van der Waals surface area contributed by atoms with E-state index in [4.69, 9.17) is 5.73 Å². The molecule has 41 heavy (non-hydrogen) atoms. The molecule has 3 atom stereocenters. The second-order valence-corrected chi connectivity index (χ2v) is 11.0. The summed E-state index contributed by atoms with van der Waals surface area (Å²) in [6, 6.07) is 10.5. The average Bonchev–Trinajstić information content (AvgIpc) is 3.47. The normalized spacial score (nSPS) is 25.0. The van der Waals surface area contributed by atoms with Gasteiger partial charge in [-0.15, -0.1) is 0 Å². The Morgan fingerprint density at radius 3 is 2.39 bits per heavy atom. The number of phenols is 1. The zero-order valence-electron chi connectivity index (χ0n) is 21.9. The number of allylic oxidation sites excluding steroid dienone is 4. The molecule has 0 unspecified atom stereocenters. The molecule has 0 aromatic heterocycles. The number of phenolic OH excluding ortho intramolecular Hbond substituents is 1. The summed E-state index contributed by atoms with van der Waals surface area (Å²) in [5.41, 5.74) is 5.34. The quantitative estimate of drug-likeness (QED) is 0.351. The maximum atomic E-state index is 13.7. The summed E-state index contributed by atoms with van der Waals surface area (Å²) in [6.45, 7) is 0. The molecule has 208 valence electrons.